The lowest BCUT2D eigenvalue weighted by atomic mass is 9.90. The van der Waals surface area contributed by atoms with Gasteiger partial charge < -0.3 is 35.4 Å². The largest absolute Gasteiger partial charge is 0.467 e. The van der Waals surface area contributed by atoms with E-state index < -0.39 is 30.4 Å². The van der Waals surface area contributed by atoms with Crippen molar-refractivity contribution in [2.75, 3.05) is 44.0 Å². The SMILES string of the molecule is COc1nc(N2C3CCC2CN(CC(O)C(O)CO)C3)c2c3c(c(-c4c(F)ccc5sc(N)c(C#N)c45)c(F)c2n1)COC3. The molecule has 0 amide bonds. The standard InChI is InChI=1S/C30H30F2N6O5S/c1-42-30-35-27-24(29(36-30)38-13-2-3-14(38)8-37(7-13)9-19(40)20(41)10-39)17-12-43-11-16(17)23(26(27)32)25-18(31)4-5-21-22(25)15(6-33)28(34)44-21/h4-5,13-14,19-20,39-41H,2-3,7-12,34H2,1H3. The zero-order valence-corrected chi connectivity index (χ0v) is 24.6. The third-order valence-electron chi connectivity index (χ3n) is 9.01. The van der Waals surface area contributed by atoms with E-state index in [2.05, 4.69) is 20.9 Å². The summed E-state index contributed by atoms with van der Waals surface area (Å²) in [7, 11) is 1.40. The summed E-state index contributed by atoms with van der Waals surface area (Å²) in [6, 6.07) is 4.73. The van der Waals surface area contributed by atoms with Gasteiger partial charge in [0, 0.05) is 52.9 Å². The maximum Gasteiger partial charge on any atom is 0.318 e. The molecule has 2 bridgehead atoms. The molecule has 2 fully saturated rings. The zero-order chi connectivity index (χ0) is 30.9. The number of anilines is 2. The van der Waals surface area contributed by atoms with Crippen LogP contribution in [0.15, 0.2) is 12.1 Å². The summed E-state index contributed by atoms with van der Waals surface area (Å²) in [5.41, 5.74) is 7.22. The zero-order valence-electron chi connectivity index (χ0n) is 23.8. The lowest BCUT2D eigenvalue weighted by Crippen LogP contribution is -2.56. The van der Waals surface area contributed by atoms with Crippen LogP contribution in [-0.2, 0) is 18.0 Å². The third kappa shape index (κ3) is 4.38. The number of nitrogens with zero attached hydrogens (tertiary/aromatic N) is 5. The molecule has 11 nitrogen and oxygen atoms in total. The Morgan fingerprint density at radius 2 is 1.84 bits per heavy atom. The number of aliphatic hydroxyl groups is 3. The Morgan fingerprint density at radius 1 is 1.11 bits per heavy atom. The number of likely N-dealkylation sites (tertiary alicyclic amines) is 1. The molecule has 0 saturated carbocycles. The molecule has 4 unspecified atom stereocenters. The Kier molecular flexibility index (Phi) is 7.27. The van der Waals surface area contributed by atoms with Crippen molar-refractivity contribution < 1.29 is 33.6 Å². The molecule has 0 spiro atoms. The van der Waals surface area contributed by atoms with Crippen LogP contribution in [0.5, 0.6) is 6.01 Å². The van der Waals surface area contributed by atoms with Gasteiger partial charge in [-0.1, -0.05) is 0 Å². The molecular formula is C30H30F2N6O5S. The molecule has 0 radical (unpaired) electrons. The Balaban J connectivity index is 1.41. The van der Waals surface area contributed by atoms with Crippen LogP contribution in [0.3, 0.4) is 0 Å². The summed E-state index contributed by atoms with van der Waals surface area (Å²) < 4.78 is 44.6. The minimum atomic E-state index is -1.23. The molecular weight excluding hydrogens is 594 g/mol. The number of piperazine rings is 1. The minimum Gasteiger partial charge on any atom is -0.467 e. The van der Waals surface area contributed by atoms with Crippen molar-refractivity contribution in [3.8, 4) is 23.2 Å². The number of methoxy groups -OCH3 is 1. The maximum atomic E-state index is 17.0. The monoisotopic (exact) mass is 624 g/mol. The van der Waals surface area contributed by atoms with Gasteiger partial charge in [-0.2, -0.15) is 15.2 Å². The van der Waals surface area contributed by atoms with E-state index >= 15 is 8.78 Å². The number of nitriles is 1. The quantitative estimate of drug-likeness (QED) is 0.239. The second-order valence-corrected chi connectivity index (χ2v) is 12.6. The van der Waals surface area contributed by atoms with Crippen molar-refractivity contribution in [3.63, 3.8) is 0 Å². The summed E-state index contributed by atoms with van der Waals surface area (Å²) >= 11 is 1.14. The number of hydrogen-bond donors (Lipinski definition) is 4. The first-order valence-electron chi connectivity index (χ1n) is 14.3. The van der Waals surface area contributed by atoms with Gasteiger partial charge in [0.2, 0.25) is 0 Å². The van der Waals surface area contributed by atoms with Crippen molar-refractivity contribution in [1.82, 2.24) is 14.9 Å². The molecule has 230 valence electrons. The molecule has 4 aromatic rings. The van der Waals surface area contributed by atoms with E-state index in [4.69, 9.17) is 20.2 Å². The first-order valence-corrected chi connectivity index (χ1v) is 15.1. The van der Waals surface area contributed by atoms with E-state index in [1.807, 2.05) is 0 Å². The number of hydrogen-bond acceptors (Lipinski definition) is 12. The number of fused-ring (bicyclic) bond motifs is 6. The summed E-state index contributed by atoms with van der Waals surface area (Å²) in [5.74, 6) is -0.959. The molecule has 2 aromatic carbocycles. The first kappa shape index (κ1) is 29.0. The molecule has 2 aromatic heterocycles. The molecule has 14 heteroatoms. The van der Waals surface area contributed by atoms with E-state index in [9.17, 15) is 20.6 Å². The summed E-state index contributed by atoms with van der Waals surface area (Å²) in [6.07, 6.45) is -0.664. The molecule has 0 aliphatic carbocycles. The van der Waals surface area contributed by atoms with Gasteiger partial charge in [0.05, 0.1) is 44.0 Å². The second-order valence-electron chi connectivity index (χ2n) is 11.5. The number of aliphatic hydroxyl groups excluding tert-OH is 3. The Morgan fingerprint density at radius 3 is 2.52 bits per heavy atom. The minimum absolute atomic E-state index is 0.0154. The van der Waals surface area contributed by atoms with Gasteiger partial charge in [-0.05, 0) is 36.1 Å². The van der Waals surface area contributed by atoms with Gasteiger partial charge in [-0.3, -0.25) is 4.90 Å². The van der Waals surface area contributed by atoms with Crippen LogP contribution in [-0.4, -0.2) is 87.8 Å². The number of halogens is 2. The van der Waals surface area contributed by atoms with E-state index in [0.29, 0.717) is 40.1 Å². The smallest absolute Gasteiger partial charge is 0.318 e. The fourth-order valence-electron chi connectivity index (χ4n) is 7.06. The molecule has 4 atom stereocenters. The summed E-state index contributed by atoms with van der Waals surface area (Å²) in [6.45, 7) is 0.956. The fraction of sp³-hybridized carbons (Fsp3) is 0.433. The van der Waals surface area contributed by atoms with Gasteiger partial charge in [-0.15, -0.1) is 11.3 Å². The molecule has 2 saturated heterocycles. The van der Waals surface area contributed by atoms with Crippen LogP contribution in [0.1, 0.15) is 29.5 Å². The average Bonchev–Trinajstić information content (AvgIpc) is 3.70. The number of nitrogens with two attached hydrogens (primary N) is 1. The number of ether oxygens (including phenoxy) is 2. The van der Waals surface area contributed by atoms with E-state index in [1.54, 1.807) is 0 Å². The Hall–Kier alpha value is -3.71. The molecule has 5 heterocycles. The van der Waals surface area contributed by atoms with Crippen LogP contribution >= 0.6 is 11.3 Å². The van der Waals surface area contributed by atoms with Gasteiger partial charge >= 0.3 is 6.01 Å². The molecule has 3 aliphatic rings. The number of rotatable bonds is 7. The van der Waals surface area contributed by atoms with E-state index in [0.717, 1.165) is 24.2 Å². The fourth-order valence-corrected chi connectivity index (χ4v) is 7.99. The van der Waals surface area contributed by atoms with Gasteiger partial charge in [0.1, 0.15) is 34.3 Å². The number of β-amino-alcohol motifs (C(OH)–C–C–N with tert-alkyl or cyclic N) is 1. The predicted molar refractivity (Wildman–Crippen MR) is 159 cm³/mol. The van der Waals surface area contributed by atoms with Crippen LogP contribution in [0.25, 0.3) is 32.1 Å². The lowest BCUT2D eigenvalue weighted by Gasteiger charge is -2.43. The summed E-state index contributed by atoms with van der Waals surface area (Å²) in [5, 5.41) is 40.3. The number of nitrogen functional groups attached to an aromatic ring is 1. The number of thiophene rings is 1. The van der Waals surface area contributed by atoms with Crippen molar-refractivity contribution >= 4 is 43.1 Å². The number of benzene rings is 2. The van der Waals surface area contributed by atoms with E-state index in [-0.39, 0.29) is 70.4 Å². The highest BCUT2D eigenvalue weighted by molar-refractivity contribution is 7.23. The van der Waals surface area contributed by atoms with Crippen molar-refractivity contribution in [3.05, 3.63) is 40.5 Å². The maximum absolute atomic E-state index is 17.0. The topological polar surface area (TPSA) is 161 Å². The van der Waals surface area contributed by atoms with Crippen LogP contribution in [0.2, 0.25) is 0 Å². The predicted octanol–water partition coefficient (Wildman–Crippen LogP) is 2.65. The first-order chi connectivity index (χ1) is 21.2. The van der Waals surface area contributed by atoms with Crippen LogP contribution < -0.4 is 15.4 Å². The molecule has 7 rings (SSSR count). The highest BCUT2D eigenvalue weighted by Gasteiger charge is 2.43. The van der Waals surface area contributed by atoms with Gasteiger partial charge in [0.25, 0.3) is 0 Å². The highest BCUT2D eigenvalue weighted by Crippen LogP contribution is 2.49. The van der Waals surface area contributed by atoms with Gasteiger partial charge in [0.15, 0.2) is 5.82 Å². The van der Waals surface area contributed by atoms with Crippen molar-refractivity contribution in [2.24, 2.45) is 0 Å². The molecule has 3 aliphatic heterocycles. The lowest BCUT2D eigenvalue weighted by molar-refractivity contribution is -0.0317. The second kappa shape index (κ2) is 11.0. The average molecular weight is 625 g/mol. The Bertz CT molecular complexity index is 1830. The summed E-state index contributed by atoms with van der Waals surface area (Å²) in [4.78, 5) is 13.4. The molecule has 44 heavy (non-hydrogen) atoms. The Labute approximate surface area is 254 Å². The van der Waals surface area contributed by atoms with Crippen molar-refractivity contribution in [1.29, 1.82) is 5.26 Å². The van der Waals surface area contributed by atoms with E-state index in [1.165, 1.54) is 19.2 Å². The van der Waals surface area contributed by atoms with Crippen LogP contribution in [0.4, 0.5) is 19.6 Å². The van der Waals surface area contributed by atoms with Crippen LogP contribution in [0, 0.1) is 23.0 Å². The normalized spacial score (nSPS) is 21.2. The van der Waals surface area contributed by atoms with Crippen molar-refractivity contribution in [2.45, 2.75) is 50.3 Å². The molecule has 5 N–H and O–H groups in total. The number of aromatic nitrogens is 2. The van der Waals surface area contributed by atoms with Gasteiger partial charge in [-0.25, -0.2) is 8.78 Å². The third-order valence-corrected chi connectivity index (χ3v) is 10.00. The highest BCUT2D eigenvalue weighted by atomic mass is 32.1.